The monoisotopic (exact) mass is 331 g/mol. The fourth-order valence-corrected chi connectivity index (χ4v) is 2.74. The number of hydrogen-bond donors (Lipinski definition) is 1. The first-order chi connectivity index (χ1) is 10.5. The Kier molecular flexibility index (Phi) is 5.76. The van der Waals surface area contributed by atoms with Crippen molar-refractivity contribution in [3.8, 4) is 11.8 Å². The predicted octanol–water partition coefficient (Wildman–Crippen LogP) is 3.21. The van der Waals surface area contributed by atoms with Crippen LogP contribution in [0.5, 0.6) is 0 Å². The minimum atomic E-state index is -1.00. The van der Waals surface area contributed by atoms with Crippen molar-refractivity contribution in [3.05, 3.63) is 64.7 Å². The molecule has 0 aliphatic carbocycles. The Morgan fingerprint density at radius 2 is 1.95 bits per heavy atom. The molecule has 2 rings (SSSR count). The maximum Gasteiger partial charge on any atom is 0.300 e. The van der Waals surface area contributed by atoms with Crippen LogP contribution in [0, 0.1) is 11.8 Å². The molecule has 0 radical (unpaired) electrons. The van der Waals surface area contributed by atoms with Gasteiger partial charge in [0.1, 0.15) is 0 Å². The topological polar surface area (TPSA) is 46.2 Å². The second kappa shape index (κ2) is 7.79. The SMILES string of the molecule is CS(=O)Cc1cc(NC(=O)C#Cc2ccccc2)ccc1Cl. The molecule has 112 valence electrons. The van der Waals surface area contributed by atoms with Crippen LogP contribution < -0.4 is 5.32 Å². The predicted molar refractivity (Wildman–Crippen MR) is 91.2 cm³/mol. The number of anilines is 1. The van der Waals surface area contributed by atoms with E-state index in [1.807, 2.05) is 30.3 Å². The molecular formula is C17H14ClNO2S. The highest BCUT2D eigenvalue weighted by atomic mass is 35.5. The van der Waals surface area contributed by atoms with Crippen molar-refractivity contribution < 1.29 is 9.00 Å². The van der Waals surface area contributed by atoms with E-state index in [1.165, 1.54) is 0 Å². The van der Waals surface area contributed by atoms with E-state index < -0.39 is 16.7 Å². The van der Waals surface area contributed by atoms with Gasteiger partial charge in [0.2, 0.25) is 0 Å². The lowest BCUT2D eigenvalue weighted by Crippen LogP contribution is -2.09. The molecule has 0 aliphatic rings. The second-order valence-electron chi connectivity index (χ2n) is 4.59. The zero-order valence-corrected chi connectivity index (χ0v) is 13.5. The first-order valence-corrected chi connectivity index (χ1v) is 8.61. The molecular weight excluding hydrogens is 318 g/mol. The average molecular weight is 332 g/mol. The molecule has 0 heterocycles. The van der Waals surface area contributed by atoms with E-state index in [9.17, 15) is 9.00 Å². The van der Waals surface area contributed by atoms with Crippen LogP contribution in [-0.2, 0) is 21.3 Å². The van der Waals surface area contributed by atoms with Gasteiger partial charge in [-0.1, -0.05) is 35.7 Å². The van der Waals surface area contributed by atoms with Gasteiger partial charge in [0.05, 0.1) is 0 Å². The van der Waals surface area contributed by atoms with Gasteiger partial charge in [-0.05, 0) is 35.9 Å². The Labute approximate surface area is 137 Å². The van der Waals surface area contributed by atoms with Gasteiger partial charge in [0.15, 0.2) is 0 Å². The van der Waals surface area contributed by atoms with Gasteiger partial charge in [0.25, 0.3) is 0 Å². The lowest BCUT2D eigenvalue weighted by molar-refractivity contribution is -0.111. The number of rotatable bonds is 3. The zero-order valence-electron chi connectivity index (χ0n) is 11.9. The van der Waals surface area contributed by atoms with Crippen LogP contribution in [0.2, 0.25) is 5.02 Å². The van der Waals surface area contributed by atoms with Crippen LogP contribution in [0.3, 0.4) is 0 Å². The molecule has 0 aliphatic heterocycles. The van der Waals surface area contributed by atoms with Crippen LogP contribution in [0.25, 0.3) is 0 Å². The second-order valence-corrected chi connectivity index (χ2v) is 6.44. The number of amides is 1. The molecule has 1 unspecified atom stereocenters. The standard InChI is InChI=1S/C17H14ClNO2S/c1-22(21)12-14-11-15(8-9-16(14)18)19-17(20)10-7-13-5-3-2-4-6-13/h2-6,8-9,11H,12H2,1H3,(H,19,20). The van der Waals surface area contributed by atoms with E-state index in [1.54, 1.807) is 24.5 Å². The van der Waals surface area contributed by atoms with Gasteiger partial charge in [0, 0.05) is 45.0 Å². The maximum atomic E-state index is 11.8. The highest BCUT2D eigenvalue weighted by Gasteiger charge is 2.05. The Bertz CT molecular complexity index is 763. The largest absolute Gasteiger partial charge is 0.315 e. The van der Waals surface area contributed by atoms with E-state index in [4.69, 9.17) is 11.6 Å². The summed E-state index contributed by atoms with van der Waals surface area (Å²) in [4.78, 5) is 11.8. The third-order valence-corrected chi connectivity index (χ3v) is 3.84. The Hall–Kier alpha value is -2.09. The number of benzene rings is 2. The molecule has 2 aromatic rings. The molecule has 22 heavy (non-hydrogen) atoms. The molecule has 1 amide bonds. The van der Waals surface area contributed by atoms with E-state index in [-0.39, 0.29) is 0 Å². The summed E-state index contributed by atoms with van der Waals surface area (Å²) in [7, 11) is -1.00. The fourth-order valence-electron chi connectivity index (χ4n) is 1.79. The number of hydrogen-bond acceptors (Lipinski definition) is 2. The highest BCUT2D eigenvalue weighted by Crippen LogP contribution is 2.21. The van der Waals surface area contributed by atoms with E-state index in [2.05, 4.69) is 17.2 Å². The van der Waals surface area contributed by atoms with Crippen molar-refractivity contribution in [2.75, 3.05) is 11.6 Å². The fraction of sp³-hybridized carbons (Fsp3) is 0.118. The van der Waals surface area contributed by atoms with Gasteiger partial charge >= 0.3 is 5.91 Å². The quantitative estimate of drug-likeness (QED) is 0.878. The van der Waals surface area contributed by atoms with Crippen molar-refractivity contribution in [1.29, 1.82) is 0 Å². The summed E-state index contributed by atoms with van der Waals surface area (Å²) in [5.41, 5.74) is 2.09. The first-order valence-electron chi connectivity index (χ1n) is 6.51. The van der Waals surface area contributed by atoms with Gasteiger partial charge in [-0.15, -0.1) is 0 Å². The van der Waals surface area contributed by atoms with E-state index in [0.29, 0.717) is 16.5 Å². The van der Waals surface area contributed by atoms with Crippen molar-refractivity contribution in [3.63, 3.8) is 0 Å². The molecule has 0 fully saturated rings. The summed E-state index contributed by atoms with van der Waals surface area (Å²) >= 11 is 6.04. The Morgan fingerprint density at radius 3 is 2.64 bits per heavy atom. The van der Waals surface area contributed by atoms with Crippen LogP contribution in [-0.4, -0.2) is 16.4 Å². The van der Waals surface area contributed by atoms with Crippen molar-refractivity contribution in [2.24, 2.45) is 0 Å². The third-order valence-electron chi connectivity index (χ3n) is 2.76. The smallest absolute Gasteiger partial charge is 0.300 e. The normalized spacial score (nSPS) is 11.2. The molecule has 5 heteroatoms. The number of halogens is 1. The molecule has 1 atom stereocenters. The zero-order chi connectivity index (χ0) is 15.9. The molecule has 1 N–H and O–H groups in total. The van der Waals surface area contributed by atoms with Gasteiger partial charge in [-0.3, -0.25) is 9.00 Å². The van der Waals surface area contributed by atoms with E-state index in [0.717, 1.165) is 11.1 Å². The van der Waals surface area contributed by atoms with Crippen LogP contribution in [0.1, 0.15) is 11.1 Å². The van der Waals surface area contributed by atoms with Crippen LogP contribution in [0.15, 0.2) is 48.5 Å². The molecule has 0 saturated heterocycles. The molecule has 0 spiro atoms. The molecule has 3 nitrogen and oxygen atoms in total. The number of carbonyl (C=O) groups excluding carboxylic acids is 1. The molecule has 2 aromatic carbocycles. The Balaban J connectivity index is 2.09. The first kappa shape index (κ1) is 16.3. The summed E-state index contributed by atoms with van der Waals surface area (Å²) in [5.74, 6) is 5.25. The van der Waals surface area contributed by atoms with Gasteiger partial charge in [-0.25, -0.2) is 0 Å². The maximum absolute atomic E-state index is 11.8. The van der Waals surface area contributed by atoms with Gasteiger partial charge in [-0.2, -0.15) is 0 Å². The van der Waals surface area contributed by atoms with Crippen molar-refractivity contribution >= 4 is 34.0 Å². The Morgan fingerprint density at radius 1 is 1.23 bits per heavy atom. The molecule has 0 aromatic heterocycles. The molecule has 0 saturated carbocycles. The summed E-state index contributed by atoms with van der Waals surface area (Å²) in [6, 6.07) is 14.3. The summed E-state index contributed by atoms with van der Waals surface area (Å²) < 4.78 is 11.3. The van der Waals surface area contributed by atoms with Crippen LogP contribution in [0.4, 0.5) is 5.69 Å². The highest BCUT2D eigenvalue weighted by molar-refractivity contribution is 7.83. The summed E-state index contributed by atoms with van der Waals surface area (Å²) in [6.07, 6.45) is 1.60. The minimum absolute atomic E-state index is 0.345. The van der Waals surface area contributed by atoms with Crippen molar-refractivity contribution in [1.82, 2.24) is 0 Å². The average Bonchev–Trinajstić information content (AvgIpc) is 2.49. The minimum Gasteiger partial charge on any atom is -0.315 e. The van der Waals surface area contributed by atoms with E-state index >= 15 is 0 Å². The lowest BCUT2D eigenvalue weighted by atomic mass is 10.2. The summed E-state index contributed by atoms with van der Waals surface area (Å²) in [6.45, 7) is 0. The number of carbonyl (C=O) groups is 1. The third kappa shape index (κ3) is 5.03. The van der Waals surface area contributed by atoms with Crippen molar-refractivity contribution in [2.45, 2.75) is 5.75 Å². The number of nitrogens with one attached hydrogen (secondary N) is 1. The van der Waals surface area contributed by atoms with Gasteiger partial charge < -0.3 is 5.32 Å². The lowest BCUT2D eigenvalue weighted by Gasteiger charge is -2.06. The summed E-state index contributed by atoms with van der Waals surface area (Å²) in [5, 5.41) is 3.21. The molecule has 0 bridgehead atoms. The van der Waals surface area contributed by atoms with Crippen LogP contribution >= 0.6 is 11.6 Å².